The highest BCUT2D eigenvalue weighted by atomic mass is 15.2. The minimum absolute atomic E-state index is 0.193. The van der Waals surface area contributed by atoms with Crippen molar-refractivity contribution in [3.8, 4) is 0 Å². The van der Waals surface area contributed by atoms with Gasteiger partial charge in [-0.3, -0.25) is 0 Å². The Morgan fingerprint density at radius 1 is 1.04 bits per heavy atom. The van der Waals surface area contributed by atoms with Crippen LogP contribution in [0.1, 0.15) is 45.4 Å². The lowest BCUT2D eigenvalue weighted by molar-refractivity contribution is 0.0106. The SMILES string of the molecule is CCN(c1ccccc1)c1ncnc(NC23CC4CC(CC(C4)C2)C3)c1N. The second kappa shape index (κ2) is 6.39. The topological polar surface area (TPSA) is 67.1 Å². The Hall–Kier alpha value is -2.30. The van der Waals surface area contributed by atoms with Gasteiger partial charge in [0, 0.05) is 17.8 Å². The summed E-state index contributed by atoms with van der Waals surface area (Å²) < 4.78 is 0. The van der Waals surface area contributed by atoms with E-state index in [-0.39, 0.29) is 5.54 Å². The van der Waals surface area contributed by atoms with Crippen LogP contribution in [0.2, 0.25) is 0 Å². The number of hydrogen-bond acceptors (Lipinski definition) is 5. The summed E-state index contributed by atoms with van der Waals surface area (Å²) in [7, 11) is 0. The van der Waals surface area contributed by atoms with E-state index in [2.05, 4.69) is 39.2 Å². The summed E-state index contributed by atoms with van der Waals surface area (Å²) in [6, 6.07) is 10.3. The molecule has 1 aromatic carbocycles. The van der Waals surface area contributed by atoms with Gasteiger partial charge >= 0.3 is 0 Å². The smallest absolute Gasteiger partial charge is 0.161 e. The number of nitrogens with one attached hydrogen (secondary N) is 1. The first-order chi connectivity index (χ1) is 13.2. The molecule has 0 unspecified atom stereocenters. The molecule has 2 aromatic rings. The zero-order chi connectivity index (χ0) is 18.4. The molecular formula is C22H29N5. The van der Waals surface area contributed by atoms with Crippen LogP contribution in [0.5, 0.6) is 0 Å². The molecule has 1 heterocycles. The summed E-state index contributed by atoms with van der Waals surface area (Å²) in [5.74, 6) is 4.29. The zero-order valence-electron chi connectivity index (χ0n) is 16.1. The van der Waals surface area contributed by atoms with Crippen molar-refractivity contribution in [3.63, 3.8) is 0 Å². The third-order valence-electron chi connectivity index (χ3n) is 6.92. The molecule has 6 rings (SSSR count). The second-order valence-corrected chi connectivity index (χ2v) is 8.86. The Bertz CT molecular complexity index is 783. The fraction of sp³-hybridized carbons (Fsp3) is 0.545. The van der Waals surface area contributed by atoms with Gasteiger partial charge in [0.2, 0.25) is 0 Å². The molecule has 4 bridgehead atoms. The van der Waals surface area contributed by atoms with Gasteiger partial charge < -0.3 is 16.0 Å². The Kier molecular flexibility index (Phi) is 3.99. The summed E-state index contributed by atoms with van der Waals surface area (Å²) >= 11 is 0. The first kappa shape index (κ1) is 16.8. The van der Waals surface area contributed by atoms with E-state index in [1.54, 1.807) is 6.33 Å². The highest BCUT2D eigenvalue weighted by Crippen LogP contribution is 2.56. The van der Waals surface area contributed by atoms with Gasteiger partial charge in [-0.1, -0.05) is 18.2 Å². The Morgan fingerprint density at radius 2 is 1.67 bits per heavy atom. The van der Waals surface area contributed by atoms with Crippen molar-refractivity contribution in [3.05, 3.63) is 36.7 Å². The second-order valence-electron chi connectivity index (χ2n) is 8.86. The standard InChI is InChI=1S/C22H29N5/c1-2-27(18-6-4-3-5-7-18)21-19(23)20(24-14-25-21)26-22-11-15-8-16(12-22)10-17(9-15)13-22/h3-7,14-17H,2,8-13,23H2,1H3,(H,24,25,26). The van der Waals surface area contributed by atoms with E-state index in [1.807, 2.05) is 18.2 Å². The first-order valence-corrected chi connectivity index (χ1v) is 10.4. The van der Waals surface area contributed by atoms with Crippen LogP contribution in [0.3, 0.4) is 0 Å². The van der Waals surface area contributed by atoms with E-state index in [0.717, 1.165) is 41.6 Å². The quantitative estimate of drug-likeness (QED) is 0.813. The van der Waals surface area contributed by atoms with Crippen molar-refractivity contribution in [2.75, 3.05) is 22.5 Å². The molecule has 3 N–H and O–H groups in total. The number of nitrogens with two attached hydrogens (primary N) is 1. The number of para-hydroxylation sites is 1. The predicted molar refractivity (Wildman–Crippen MR) is 110 cm³/mol. The van der Waals surface area contributed by atoms with Gasteiger partial charge in [0.25, 0.3) is 0 Å². The number of hydrogen-bond donors (Lipinski definition) is 2. The third-order valence-corrected chi connectivity index (χ3v) is 6.92. The van der Waals surface area contributed by atoms with E-state index < -0.39 is 0 Å². The number of benzene rings is 1. The normalized spacial score (nSPS) is 31.1. The molecule has 1 aromatic heterocycles. The van der Waals surface area contributed by atoms with E-state index >= 15 is 0 Å². The molecule has 4 saturated carbocycles. The Morgan fingerprint density at radius 3 is 2.26 bits per heavy atom. The molecule has 142 valence electrons. The van der Waals surface area contributed by atoms with E-state index in [1.165, 1.54) is 38.5 Å². The maximum absolute atomic E-state index is 6.60. The number of nitrogen functional groups attached to an aromatic ring is 1. The predicted octanol–water partition coefficient (Wildman–Crippen LogP) is 4.60. The Labute approximate surface area is 161 Å². The fourth-order valence-electron chi connectivity index (χ4n) is 6.28. The summed E-state index contributed by atoms with van der Waals surface area (Å²) in [5.41, 5.74) is 8.56. The summed E-state index contributed by atoms with van der Waals surface area (Å²) in [6.07, 6.45) is 9.77. The van der Waals surface area contributed by atoms with Crippen molar-refractivity contribution in [1.82, 2.24) is 9.97 Å². The summed E-state index contributed by atoms with van der Waals surface area (Å²) in [5, 5.41) is 3.82. The lowest BCUT2D eigenvalue weighted by Crippen LogP contribution is -2.55. The molecule has 5 heteroatoms. The number of anilines is 4. The Balaban J connectivity index is 1.45. The molecular weight excluding hydrogens is 334 g/mol. The molecule has 4 aliphatic rings. The van der Waals surface area contributed by atoms with Crippen LogP contribution in [-0.4, -0.2) is 22.1 Å². The van der Waals surface area contributed by atoms with E-state index in [9.17, 15) is 0 Å². The van der Waals surface area contributed by atoms with Gasteiger partial charge in [-0.05, 0) is 75.3 Å². The molecule has 4 fully saturated rings. The molecule has 0 aliphatic heterocycles. The van der Waals surface area contributed by atoms with Crippen LogP contribution in [-0.2, 0) is 0 Å². The number of aromatic nitrogens is 2. The van der Waals surface area contributed by atoms with Gasteiger partial charge in [-0.2, -0.15) is 0 Å². The van der Waals surface area contributed by atoms with Gasteiger partial charge in [-0.15, -0.1) is 0 Å². The van der Waals surface area contributed by atoms with Gasteiger partial charge in [-0.25, -0.2) is 9.97 Å². The van der Waals surface area contributed by atoms with E-state index in [4.69, 9.17) is 5.73 Å². The monoisotopic (exact) mass is 363 g/mol. The highest BCUT2D eigenvalue weighted by molar-refractivity contribution is 5.79. The number of nitrogens with zero attached hydrogens (tertiary/aromatic N) is 3. The zero-order valence-corrected chi connectivity index (χ0v) is 16.1. The first-order valence-electron chi connectivity index (χ1n) is 10.4. The third kappa shape index (κ3) is 2.93. The minimum Gasteiger partial charge on any atom is -0.393 e. The van der Waals surface area contributed by atoms with Crippen LogP contribution < -0.4 is 16.0 Å². The maximum atomic E-state index is 6.60. The molecule has 0 spiro atoms. The van der Waals surface area contributed by atoms with Crippen molar-refractivity contribution in [2.45, 2.75) is 51.0 Å². The molecule has 0 radical (unpaired) electrons. The summed E-state index contributed by atoms with van der Waals surface area (Å²) in [6.45, 7) is 2.93. The molecule has 0 amide bonds. The maximum Gasteiger partial charge on any atom is 0.161 e. The van der Waals surface area contributed by atoms with Crippen molar-refractivity contribution in [2.24, 2.45) is 17.8 Å². The molecule has 5 nitrogen and oxygen atoms in total. The minimum atomic E-state index is 0.193. The molecule has 27 heavy (non-hydrogen) atoms. The van der Waals surface area contributed by atoms with Gasteiger partial charge in [0.15, 0.2) is 11.6 Å². The van der Waals surface area contributed by atoms with Crippen LogP contribution in [0, 0.1) is 17.8 Å². The highest BCUT2D eigenvalue weighted by Gasteiger charge is 2.51. The van der Waals surface area contributed by atoms with Crippen molar-refractivity contribution in [1.29, 1.82) is 0 Å². The number of rotatable bonds is 5. The summed E-state index contributed by atoms with van der Waals surface area (Å²) in [4.78, 5) is 11.2. The van der Waals surface area contributed by atoms with Crippen molar-refractivity contribution >= 4 is 23.0 Å². The largest absolute Gasteiger partial charge is 0.393 e. The average Bonchev–Trinajstić information content (AvgIpc) is 2.65. The fourth-order valence-corrected chi connectivity index (χ4v) is 6.28. The lowest BCUT2D eigenvalue weighted by atomic mass is 9.53. The van der Waals surface area contributed by atoms with Crippen LogP contribution in [0.15, 0.2) is 36.7 Å². The molecule has 4 aliphatic carbocycles. The van der Waals surface area contributed by atoms with E-state index in [0.29, 0.717) is 5.69 Å². The lowest BCUT2D eigenvalue weighted by Gasteiger charge is -2.57. The van der Waals surface area contributed by atoms with Gasteiger partial charge in [0.05, 0.1) is 0 Å². The molecule has 0 atom stereocenters. The van der Waals surface area contributed by atoms with Crippen molar-refractivity contribution < 1.29 is 0 Å². The van der Waals surface area contributed by atoms with Gasteiger partial charge in [0.1, 0.15) is 12.0 Å². The van der Waals surface area contributed by atoms with Crippen LogP contribution in [0.25, 0.3) is 0 Å². The van der Waals surface area contributed by atoms with Crippen LogP contribution in [0.4, 0.5) is 23.0 Å². The average molecular weight is 364 g/mol. The molecule has 0 saturated heterocycles. The van der Waals surface area contributed by atoms with Crippen LogP contribution >= 0.6 is 0 Å².